The lowest BCUT2D eigenvalue weighted by atomic mass is 10.4. The predicted octanol–water partition coefficient (Wildman–Crippen LogP) is 2.18. The van der Waals surface area contributed by atoms with E-state index in [9.17, 15) is 13.8 Å². The highest BCUT2D eigenvalue weighted by Gasteiger charge is 2.35. The summed E-state index contributed by atoms with van der Waals surface area (Å²) in [7, 11) is -3.81. The summed E-state index contributed by atoms with van der Waals surface area (Å²) in [5.74, 6) is -2.48. The zero-order valence-corrected chi connectivity index (χ0v) is 11.2. The number of alkyl halides is 1. The van der Waals surface area contributed by atoms with Crippen molar-refractivity contribution in [2.75, 3.05) is 19.8 Å². The fourth-order valence-corrected chi connectivity index (χ4v) is 2.65. The zero-order chi connectivity index (χ0) is 13.5. The van der Waals surface area contributed by atoms with Gasteiger partial charge in [0.25, 0.3) is 0 Å². The molecule has 0 radical (unpaired) electrons. The van der Waals surface area contributed by atoms with Gasteiger partial charge >= 0.3 is 7.60 Å². The van der Waals surface area contributed by atoms with Gasteiger partial charge in [-0.3, -0.25) is 14.6 Å². The second-order valence-electron chi connectivity index (χ2n) is 3.24. The predicted molar refractivity (Wildman–Crippen MR) is 59.5 cm³/mol. The van der Waals surface area contributed by atoms with Gasteiger partial charge in [-0.05, 0) is 13.8 Å². The van der Waals surface area contributed by atoms with Gasteiger partial charge < -0.3 is 9.05 Å². The molecule has 102 valence electrons. The van der Waals surface area contributed by atoms with Crippen LogP contribution >= 0.6 is 7.60 Å². The molecular formula is C9H19FNO5P. The zero-order valence-electron chi connectivity index (χ0n) is 10.3. The molecule has 0 saturated carbocycles. The number of carbonyl (C=O) groups is 1. The molecule has 0 rings (SSSR count). The van der Waals surface area contributed by atoms with Gasteiger partial charge in [0.05, 0.1) is 19.8 Å². The minimum atomic E-state index is -3.81. The molecule has 0 saturated heterocycles. The average Bonchev–Trinajstić information content (AvgIpc) is 2.25. The van der Waals surface area contributed by atoms with E-state index < -0.39 is 19.4 Å². The number of rotatable bonds is 8. The monoisotopic (exact) mass is 271 g/mol. The number of amides is 1. The van der Waals surface area contributed by atoms with E-state index in [2.05, 4.69) is 0 Å². The third-order valence-electron chi connectivity index (χ3n) is 1.90. The number of hydroxylamine groups is 2. The summed E-state index contributed by atoms with van der Waals surface area (Å²) in [6.07, 6.45) is -0.312. The Morgan fingerprint density at radius 3 is 2.24 bits per heavy atom. The lowest BCUT2D eigenvalue weighted by Gasteiger charge is -2.21. The van der Waals surface area contributed by atoms with Crippen LogP contribution in [-0.4, -0.2) is 41.8 Å². The minimum Gasteiger partial charge on any atom is -0.307 e. The molecule has 1 amide bonds. The van der Waals surface area contributed by atoms with E-state index >= 15 is 0 Å². The maximum atomic E-state index is 13.7. The summed E-state index contributed by atoms with van der Waals surface area (Å²) in [5.41, 5.74) is 0. The second-order valence-corrected chi connectivity index (χ2v) is 5.40. The Hall–Kier alpha value is -0.490. The summed E-state index contributed by atoms with van der Waals surface area (Å²) in [4.78, 5) is 10.7. The second kappa shape index (κ2) is 7.76. The molecule has 0 bridgehead atoms. The van der Waals surface area contributed by atoms with Crippen molar-refractivity contribution in [3.63, 3.8) is 0 Å². The average molecular weight is 271 g/mol. The first-order valence-corrected chi connectivity index (χ1v) is 6.98. The van der Waals surface area contributed by atoms with Crippen molar-refractivity contribution in [1.82, 2.24) is 5.06 Å². The van der Waals surface area contributed by atoms with Crippen molar-refractivity contribution in [2.24, 2.45) is 0 Å². The van der Waals surface area contributed by atoms with Crippen LogP contribution in [0.2, 0.25) is 0 Å². The first kappa shape index (κ1) is 16.5. The molecule has 8 heteroatoms. The van der Waals surface area contributed by atoms with Crippen LogP contribution in [0, 0.1) is 0 Å². The molecule has 0 aromatic heterocycles. The van der Waals surface area contributed by atoms with E-state index in [1.54, 1.807) is 13.8 Å². The number of hydrogen-bond acceptors (Lipinski definition) is 5. The van der Waals surface area contributed by atoms with Crippen molar-refractivity contribution in [1.29, 1.82) is 0 Å². The molecule has 1 atom stereocenters. The van der Waals surface area contributed by atoms with Crippen LogP contribution in [-0.2, 0) is 18.4 Å². The highest BCUT2D eigenvalue weighted by Crippen LogP contribution is 2.54. The third kappa shape index (κ3) is 5.59. The topological polar surface area (TPSA) is 76.1 Å². The van der Waals surface area contributed by atoms with Gasteiger partial charge in [0, 0.05) is 13.3 Å². The van der Waals surface area contributed by atoms with E-state index in [0.717, 1.165) is 6.92 Å². The lowest BCUT2D eigenvalue weighted by Crippen LogP contribution is -2.27. The van der Waals surface area contributed by atoms with Crippen molar-refractivity contribution in [3.8, 4) is 0 Å². The summed E-state index contributed by atoms with van der Waals surface area (Å²) in [5, 5.41) is 9.40. The SMILES string of the molecule is CCOP(=O)(OCC)C(F)CCN(O)C(C)=O. The number of nitrogens with zero attached hydrogens (tertiary/aromatic N) is 1. The molecule has 0 heterocycles. The lowest BCUT2D eigenvalue weighted by molar-refractivity contribution is -0.163. The highest BCUT2D eigenvalue weighted by molar-refractivity contribution is 7.54. The van der Waals surface area contributed by atoms with Crippen LogP contribution in [0.15, 0.2) is 0 Å². The number of halogens is 1. The molecule has 17 heavy (non-hydrogen) atoms. The van der Waals surface area contributed by atoms with Crippen LogP contribution in [0.3, 0.4) is 0 Å². The quantitative estimate of drug-likeness (QED) is 0.416. The van der Waals surface area contributed by atoms with Gasteiger partial charge in [-0.1, -0.05) is 0 Å². The Morgan fingerprint density at radius 2 is 1.88 bits per heavy atom. The van der Waals surface area contributed by atoms with Gasteiger partial charge in [-0.2, -0.15) is 0 Å². The van der Waals surface area contributed by atoms with Crippen molar-refractivity contribution < 1.29 is 28.0 Å². The Kier molecular flexibility index (Phi) is 7.54. The maximum absolute atomic E-state index is 13.7. The van der Waals surface area contributed by atoms with Crippen LogP contribution in [0.4, 0.5) is 4.39 Å². The van der Waals surface area contributed by atoms with Crippen LogP contribution in [0.1, 0.15) is 27.2 Å². The normalized spacial score (nSPS) is 13.5. The molecule has 6 nitrogen and oxygen atoms in total. The van der Waals surface area contributed by atoms with Crippen LogP contribution in [0.25, 0.3) is 0 Å². The third-order valence-corrected chi connectivity index (χ3v) is 4.08. The molecule has 0 fully saturated rings. The van der Waals surface area contributed by atoms with E-state index in [-0.39, 0.29) is 26.2 Å². The standard InChI is InChI=1S/C9H19FNO5P/c1-4-15-17(14,16-5-2)9(10)6-7-11(13)8(3)12/h9,13H,4-7H2,1-3H3. The fraction of sp³-hybridized carbons (Fsp3) is 0.889. The van der Waals surface area contributed by atoms with E-state index in [4.69, 9.17) is 14.3 Å². The van der Waals surface area contributed by atoms with Crippen molar-refractivity contribution in [3.05, 3.63) is 0 Å². The van der Waals surface area contributed by atoms with Gasteiger partial charge in [0.15, 0.2) is 0 Å². The molecule has 0 aromatic carbocycles. The maximum Gasteiger partial charge on any atom is 0.364 e. The Morgan fingerprint density at radius 1 is 1.41 bits per heavy atom. The Labute approximate surface area is 100 Å². The molecule has 0 aliphatic heterocycles. The Bertz CT molecular complexity index is 279. The summed E-state index contributed by atoms with van der Waals surface area (Å²) >= 11 is 0. The molecule has 0 spiro atoms. The van der Waals surface area contributed by atoms with Crippen molar-refractivity contribution in [2.45, 2.75) is 33.1 Å². The largest absolute Gasteiger partial charge is 0.364 e. The summed E-state index contributed by atoms with van der Waals surface area (Å²) in [6, 6.07) is 0. The van der Waals surface area contributed by atoms with E-state index in [1.165, 1.54) is 0 Å². The molecule has 0 aromatic rings. The van der Waals surface area contributed by atoms with Gasteiger partial charge in [0.2, 0.25) is 11.8 Å². The fourth-order valence-electron chi connectivity index (χ4n) is 1.10. The molecule has 0 aliphatic carbocycles. The van der Waals surface area contributed by atoms with Crippen molar-refractivity contribution >= 4 is 13.5 Å². The smallest absolute Gasteiger partial charge is 0.307 e. The Balaban J connectivity index is 4.38. The van der Waals surface area contributed by atoms with E-state index in [1.807, 2.05) is 0 Å². The summed E-state index contributed by atoms with van der Waals surface area (Å²) in [6.45, 7) is 4.15. The highest BCUT2D eigenvalue weighted by atomic mass is 31.2. The van der Waals surface area contributed by atoms with Crippen LogP contribution < -0.4 is 0 Å². The van der Waals surface area contributed by atoms with Crippen LogP contribution in [0.5, 0.6) is 0 Å². The van der Waals surface area contributed by atoms with E-state index in [0.29, 0.717) is 5.06 Å². The molecular weight excluding hydrogens is 252 g/mol. The number of carbonyl (C=O) groups excluding carboxylic acids is 1. The summed E-state index contributed by atoms with van der Waals surface area (Å²) < 4.78 is 35.2. The van der Waals surface area contributed by atoms with Gasteiger partial charge in [-0.25, -0.2) is 9.45 Å². The minimum absolute atomic E-state index is 0.0627. The molecule has 1 N–H and O–H groups in total. The first-order valence-electron chi connectivity index (χ1n) is 5.37. The van der Waals surface area contributed by atoms with Gasteiger partial charge in [0.1, 0.15) is 0 Å². The first-order chi connectivity index (χ1) is 7.87. The molecule has 0 aliphatic rings. The number of hydrogen-bond donors (Lipinski definition) is 1. The van der Waals surface area contributed by atoms with Gasteiger partial charge in [-0.15, -0.1) is 0 Å². The molecule has 1 unspecified atom stereocenters.